The minimum Gasteiger partial charge on any atom is -0.486 e. The first-order valence-electron chi connectivity index (χ1n) is 13.0. The number of aryl methyl sites for hydroxylation is 1. The largest absolute Gasteiger partial charge is 0.486 e. The van der Waals surface area contributed by atoms with Gasteiger partial charge >= 0.3 is 5.69 Å². The molecule has 202 valence electrons. The van der Waals surface area contributed by atoms with E-state index in [1.807, 2.05) is 26.8 Å². The van der Waals surface area contributed by atoms with Crippen molar-refractivity contribution in [2.75, 3.05) is 24.5 Å². The van der Waals surface area contributed by atoms with Crippen LogP contribution in [0.4, 0.5) is 14.6 Å². The molecular formula is C29H28ClF2N5O2. The van der Waals surface area contributed by atoms with Gasteiger partial charge in [-0.1, -0.05) is 31.5 Å². The number of anilines is 1. The SMILES string of the molecule is Cc1ccnc(C(C)C)c1-n1c(=O)nc(N2CCNC[C@@H]2C)c2cc(Cl)c3c(c21)OCc1ccc(F)c(F)c1-3. The Bertz CT molecular complexity index is 1700. The number of pyridine rings is 1. The van der Waals surface area contributed by atoms with Gasteiger partial charge < -0.3 is 15.0 Å². The number of rotatable bonds is 3. The van der Waals surface area contributed by atoms with Gasteiger partial charge in [0.15, 0.2) is 17.4 Å². The number of hydrogen-bond acceptors (Lipinski definition) is 6. The predicted octanol–water partition coefficient (Wildman–Crippen LogP) is 5.50. The predicted molar refractivity (Wildman–Crippen MR) is 148 cm³/mol. The van der Waals surface area contributed by atoms with E-state index in [4.69, 9.17) is 16.3 Å². The van der Waals surface area contributed by atoms with Crippen molar-refractivity contribution in [2.45, 2.75) is 46.3 Å². The van der Waals surface area contributed by atoms with Gasteiger partial charge in [0.05, 0.1) is 16.4 Å². The zero-order chi connectivity index (χ0) is 27.6. The Labute approximate surface area is 229 Å². The number of ether oxygens (including phenoxy) is 1. The van der Waals surface area contributed by atoms with E-state index in [9.17, 15) is 9.18 Å². The van der Waals surface area contributed by atoms with Crippen LogP contribution >= 0.6 is 11.6 Å². The van der Waals surface area contributed by atoms with Crippen LogP contribution in [0.15, 0.2) is 35.3 Å². The second kappa shape index (κ2) is 9.57. The summed E-state index contributed by atoms with van der Waals surface area (Å²) in [5.74, 6) is -1.29. The molecule has 0 amide bonds. The lowest BCUT2D eigenvalue weighted by Gasteiger charge is -2.36. The number of hydrogen-bond donors (Lipinski definition) is 1. The first-order chi connectivity index (χ1) is 18.7. The fraction of sp³-hybridized carbons (Fsp3) is 0.345. The van der Waals surface area contributed by atoms with E-state index in [1.165, 1.54) is 10.6 Å². The molecule has 39 heavy (non-hydrogen) atoms. The van der Waals surface area contributed by atoms with Gasteiger partial charge in [0.1, 0.15) is 17.9 Å². The Kier molecular flexibility index (Phi) is 6.31. The quantitative estimate of drug-likeness (QED) is 0.362. The molecule has 0 aliphatic carbocycles. The van der Waals surface area contributed by atoms with E-state index in [0.29, 0.717) is 40.2 Å². The third-order valence-corrected chi connectivity index (χ3v) is 7.86. The maximum absolute atomic E-state index is 15.3. The zero-order valence-corrected chi connectivity index (χ0v) is 22.9. The molecular weight excluding hydrogens is 524 g/mol. The van der Waals surface area contributed by atoms with Crippen molar-refractivity contribution < 1.29 is 13.5 Å². The Morgan fingerprint density at radius 1 is 1.21 bits per heavy atom. The molecule has 1 N–H and O–H groups in total. The third kappa shape index (κ3) is 3.98. The standard InChI is InChI=1S/C29H28ClF2N5O2/c1-14(2)24-25(15(3)7-8-34-24)37-26-18(28(35-29(37)38)36-10-9-33-12-16(36)4)11-19(30)22-21-17(13-39-27(22)26)5-6-20(31)23(21)32/h5-8,11,14,16,33H,9-10,12-13H2,1-4H3/t16-/m0/s1. The van der Waals surface area contributed by atoms with E-state index >= 15 is 4.39 Å². The minimum atomic E-state index is -1.00. The Balaban J connectivity index is 1.80. The highest BCUT2D eigenvalue weighted by atomic mass is 35.5. The fourth-order valence-corrected chi connectivity index (χ4v) is 5.97. The van der Waals surface area contributed by atoms with E-state index in [-0.39, 0.29) is 40.5 Å². The molecule has 7 nitrogen and oxygen atoms in total. The van der Waals surface area contributed by atoms with Crippen LogP contribution in [0.1, 0.15) is 43.5 Å². The highest BCUT2D eigenvalue weighted by molar-refractivity contribution is 6.35. The van der Waals surface area contributed by atoms with Gasteiger partial charge in [0.2, 0.25) is 0 Å². The van der Waals surface area contributed by atoms with Crippen LogP contribution in [0.2, 0.25) is 5.02 Å². The number of piperazine rings is 1. The average molecular weight is 552 g/mol. The molecule has 2 aromatic heterocycles. The monoisotopic (exact) mass is 551 g/mol. The van der Waals surface area contributed by atoms with Crippen molar-refractivity contribution in [1.82, 2.24) is 19.9 Å². The number of nitrogens with zero attached hydrogens (tertiary/aromatic N) is 4. The Morgan fingerprint density at radius 3 is 2.74 bits per heavy atom. The van der Waals surface area contributed by atoms with Crippen molar-refractivity contribution in [3.05, 3.63) is 74.4 Å². The van der Waals surface area contributed by atoms with Gasteiger partial charge in [-0.3, -0.25) is 9.55 Å². The summed E-state index contributed by atoms with van der Waals surface area (Å²) in [6.45, 7) is 10.0. The molecule has 0 saturated carbocycles. The highest BCUT2D eigenvalue weighted by Crippen LogP contribution is 2.49. The molecule has 4 heterocycles. The second-order valence-electron chi connectivity index (χ2n) is 10.5. The van der Waals surface area contributed by atoms with Crippen molar-refractivity contribution in [3.8, 4) is 22.6 Å². The van der Waals surface area contributed by atoms with Crippen LogP contribution in [0.3, 0.4) is 0 Å². The summed E-state index contributed by atoms with van der Waals surface area (Å²) in [6.07, 6.45) is 1.71. The maximum Gasteiger partial charge on any atom is 0.354 e. The molecule has 0 spiro atoms. The summed E-state index contributed by atoms with van der Waals surface area (Å²) in [5, 5.41) is 4.13. The lowest BCUT2D eigenvalue weighted by Crippen LogP contribution is -2.50. The molecule has 1 saturated heterocycles. The average Bonchev–Trinajstić information content (AvgIpc) is 2.91. The first-order valence-corrected chi connectivity index (χ1v) is 13.4. The van der Waals surface area contributed by atoms with Gasteiger partial charge in [-0.2, -0.15) is 4.98 Å². The van der Waals surface area contributed by atoms with Crippen LogP contribution in [0.25, 0.3) is 27.7 Å². The highest BCUT2D eigenvalue weighted by Gasteiger charge is 2.33. The Morgan fingerprint density at radius 2 is 2.00 bits per heavy atom. The van der Waals surface area contributed by atoms with E-state index in [1.54, 1.807) is 12.3 Å². The van der Waals surface area contributed by atoms with Gasteiger partial charge in [-0.05, 0) is 43.5 Å². The minimum absolute atomic E-state index is 0.00603. The van der Waals surface area contributed by atoms with Crippen LogP contribution < -0.4 is 20.6 Å². The third-order valence-electron chi connectivity index (χ3n) is 7.57. The normalized spacial score (nSPS) is 16.8. The van der Waals surface area contributed by atoms with Crippen LogP contribution in [-0.4, -0.2) is 40.2 Å². The Hall–Kier alpha value is -3.56. The molecule has 2 aliphatic heterocycles. The molecule has 0 unspecified atom stereocenters. The number of halogens is 3. The number of nitrogens with one attached hydrogen (secondary N) is 1. The molecule has 0 bridgehead atoms. The molecule has 0 radical (unpaired) electrons. The second-order valence-corrected chi connectivity index (χ2v) is 10.9. The fourth-order valence-electron chi connectivity index (χ4n) is 5.68. The number of benzene rings is 2. The maximum atomic E-state index is 15.3. The summed E-state index contributed by atoms with van der Waals surface area (Å²) in [7, 11) is 0. The van der Waals surface area contributed by atoms with Gasteiger partial charge in [0, 0.05) is 53.9 Å². The van der Waals surface area contributed by atoms with Gasteiger partial charge in [0.25, 0.3) is 0 Å². The van der Waals surface area contributed by atoms with Crippen molar-refractivity contribution in [1.29, 1.82) is 0 Å². The molecule has 2 aliphatic rings. The smallest absolute Gasteiger partial charge is 0.354 e. The van der Waals surface area contributed by atoms with E-state index in [0.717, 1.165) is 24.7 Å². The van der Waals surface area contributed by atoms with E-state index < -0.39 is 17.3 Å². The summed E-state index contributed by atoms with van der Waals surface area (Å²) in [6, 6.07) is 6.15. The summed E-state index contributed by atoms with van der Waals surface area (Å²) in [5.41, 5.74) is 2.74. The molecule has 6 rings (SSSR count). The topological polar surface area (TPSA) is 72.3 Å². The zero-order valence-electron chi connectivity index (χ0n) is 22.1. The van der Waals surface area contributed by atoms with Crippen LogP contribution in [-0.2, 0) is 6.61 Å². The van der Waals surface area contributed by atoms with Crippen molar-refractivity contribution in [2.24, 2.45) is 0 Å². The molecule has 2 aromatic carbocycles. The van der Waals surface area contributed by atoms with Gasteiger partial charge in [-0.25, -0.2) is 13.6 Å². The lowest BCUT2D eigenvalue weighted by molar-refractivity contribution is 0.303. The molecule has 4 aromatic rings. The van der Waals surface area contributed by atoms with Crippen molar-refractivity contribution >= 4 is 28.3 Å². The molecule has 1 atom stereocenters. The lowest BCUT2D eigenvalue weighted by atomic mass is 9.94. The van der Waals surface area contributed by atoms with Gasteiger partial charge in [-0.15, -0.1) is 0 Å². The summed E-state index contributed by atoms with van der Waals surface area (Å²) < 4.78 is 37.5. The molecule has 10 heteroatoms. The van der Waals surface area contributed by atoms with Crippen LogP contribution in [0, 0.1) is 18.6 Å². The molecule has 1 fully saturated rings. The van der Waals surface area contributed by atoms with E-state index in [2.05, 4.69) is 27.1 Å². The number of fused-ring (bicyclic) bond motifs is 5. The van der Waals surface area contributed by atoms with Crippen molar-refractivity contribution in [3.63, 3.8) is 0 Å². The number of aromatic nitrogens is 3. The first kappa shape index (κ1) is 25.7. The van der Waals surface area contributed by atoms with Crippen LogP contribution in [0.5, 0.6) is 5.75 Å². The summed E-state index contributed by atoms with van der Waals surface area (Å²) >= 11 is 6.84. The summed E-state index contributed by atoms with van der Waals surface area (Å²) in [4.78, 5) is 25.3.